The Labute approximate surface area is 180 Å². The second kappa shape index (κ2) is 10.3. The number of nitrogens with zero attached hydrogens (tertiary/aromatic N) is 1. The van der Waals surface area contributed by atoms with Crippen molar-refractivity contribution in [1.29, 1.82) is 0 Å². The number of rotatable bonds is 7. The maximum absolute atomic E-state index is 12.7. The van der Waals surface area contributed by atoms with Crippen LogP contribution in [0.5, 0.6) is 11.5 Å². The molecule has 31 heavy (non-hydrogen) atoms. The lowest BCUT2D eigenvalue weighted by atomic mass is 10.1. The second-order valence-electron chi connectivity index (χ2n) is 6.64. The van der Waals surface area contributed by atoms with Crippen LogP contribution in [0.2, 0.25) is 0 Å². The molecule has 8 nitrogen and oxygen atoms in total. The van der Waals surface area contributed by atoms with Gasteiger partial charge in [0.2, 0.25) is 0 Å². The van der Waals surface area contributed by atoms with Gasteiger partial charge in [-0.05, 0) is 42.8 Å². The number of benzene rings is 2. The molecule has 0 fully saturated rings. The minimum atomic E-state index is -0.848. The van der Waals surface area contributed by atoms with Gasteiger partial charge in [-0.3, -0.25) is 9.59 Å². The molecule has 2 amide bonds. The number of hydrogen-bond acceptors (Lipinski definition) is 6. The maximum Gasteiger partial charge on any atom is 0.331 e. The molecule has 2 aromatic rings. The lowest BCUT2D eigenvalue weighted by Gasteiger charge is -2.33. The summed E-state index contributed by atoms with van der Waals surface area (Å²) in [6.07, 6.45) is 2.00. The van der Waals surface area contributed by atoms with Gasteiger partial charge >= 0.3 is 5.97 Å². The van der Waals surface area contributed by atoms with Crippen LogP contribution < -0.4 is 19.7 Å². The predicted octanol–water partition coefficient (Wildman–Crippen LogP) is 2.18. The Bertz CT molecular complexity index is 970. The number of nitrogens with one attached hydrogen (secondary N) is 1. The minimum Gasteiger partial charge on any atom is -0.494 e. The van der Waals surface area contributed by atoms with E-state index in [-0.39, 0.29) is 12.5 Å². The van der Waals surface area contributed by atoms with Gasteiger partial charge in [0.15, 0.2) is 12.7 Å². The summed E-state index contributed by atoms with van der Waals surface area (Å²) in [5.74, 6) is -0.284. The number of amides is 2. The zero-order chi connectivity index (χ0) is 22.2. The van der Waals surface area contributed by atoms with Crippen LogP contribution in [0.25, 0.3) is 6.08 Å². The van der Waals surface area contributed by atoms with Crippen molar-refractivity contribution in [1.82, 2.24) is 5.32 Å². The van der Waals surface area contributed by atoms with Gasteiger partial charge in [-0.2, -0.15) is 0 Å². The third-order valence-corrected chi connectivity index (χ3v) is 4.55. The molecule has 0 saturated carbocycles. The largest absolute Gasteiger partial charge is 0.494 e. The number of carbonyl (C=O) groups excluding carboxylic acids is 3. The lowest BCUT2D eigenvalue weighted by Crippen LogP contribution is -2.51. The molecule has 0 aromatic heterocycles. The van der Waals surface area contributed by atoms with Crippen molar-refractivity contribution in [2.75, 3.05) is 31.7 Å². The average molecular weight is 424 g/mol. The van der Waals surface area contributed by atoms with Gasteiger partial charge < -0.3 is 24.4 Å². The molecule has 0 aliphatic carbocycles. The monoisotopic (exact) mass is 424 g/mol. The van der Waals surface area contributed by atoms with Crippen LogP contribution in [0.15, 0.2) is 54.6 Å². The molecule has 0 radical (unpaired) electrons. The summed E-state index contributed by atoms with van der Waals surface area (Å²) in [6, 6.07) is 14.1. The van der Waals surface area contributed by atoms with Gasteiger partial charge in [0.25, 0.3) is 11.8 Å². The Balaban J connectivity index is 1.60. The van der Waals surface area contributed by atoms with Crippen molar-refractivity contribution in [3.63, 3.8) is 0 Å². The van der Waals surface area contributed by atoms with E-state index in [4.69, 9.17) is 14.2 Å². The summed E-state index contributed by atoms with van der Waals surface area (Å²) in [6.45, 7) is 2.04. The number of anilines is 1. The zero-order valence-corrected chi connectivity index (χ0v) is 17.4. The third-order valence-electron chi connectivity index (χ3n) is 4.55. The molecule has 0 spiro atoms. The summed E-state index contributed by atoms with van der Waals surface area (Å²) in [5.41, 5.74) is 1.32. The fourth-order valence-electron chi connectivity index (χ4n) is 3.03. The van der Waals surface area contributed by atoms with Crippen LogP contribution in [-0.4, -0.2) is 50.7 Å². The molecule has 1 aliphatic rings. The Kier molecular flexibility index (Phi) is 7.26. The smallest absolute Gasteiger partial charge is 0.331 e. The quantitative estimate of drug-likeness (QED) is 0.541. The first kappa shape index (κ1) is 21.9. The summed E-state index contributed by atoms with van der Waals surface area (Å²) in [4.78, 5) is 38.2. The van der Waals surface area contributed by atoms with E-state index in [9.17, 15) is 14.4 Å². The van der Waals surface area contributed by atoms with E-state index in [0.29, 0.717) is 18.0 Å². The Morgan fingerprint density at radius 1 is 1.16 bits per heavy atom. The SMILES string of the molecule is CCOc1ccc(/C=C/C(=O)OCC(=O)N2CC(C(=O)NC)Oc3ccccc32)cc1. The topological polar surface area (TPSA) is 94.2 Å². The van der Waals surface area contributed by atoms with Crippen LogP contribution in [0.4, 0.5) is 5.69 Å². The second-order valence-corrected chi connectivity index (χ2v) is 6.64. The van der Waals surface area contributed by atoms with Crippen molar-refractivity contribution in [3.8, 4) is 11.5 Å². The number of para-hydroxylation sites is 2. The van der Waals surface area contributed by atoms with Gasteiger partial charge in [0.1, 0.15) is 11.5 Å². The van der Waals surface area contributed by atoms with Gasteiger partial charge in [-0.25, -0.2) is 4.79 Å². The van der Waals surface area contributed by atoms with Crippen molar-refractivity contribution >= 4 is 29.5 Å². The van der Waals surface area contributed by atoms with Crippen LogP contribution in [0.1, 0.15) is 12.5 Å². The molecule has 1 atom stereocenters. The first-order valence-electron chi connectivity index (χ1n) is 9.87. The molecule has 3 rings (SSSR count). The highest BCUT2D eigenvalue weighted by Gasteiger charge is 2.33. The Hall–Kier alpha value is -3.81. The van der Waals surface area contributed by atoms with Crippen molar-refractivity contribution in [2.45, 2.75) is 13.0 Å². The lowest BCUT2D eigenvalue weighted by molar-refractivity contribution is -0.143. The van der Waals surface area contributed by atoms with Crippen LogP contribution in [0, 0.1) is 0 Å². The highest BCUT2D eigenvalue weighted by Crippen LogP contribution is 2.33. The van der Waals surface area contributed by atoms with E-state index in [1.807, 2.05) is 19.1 Å². The number of carbonyl (C=O) groups is 3. The number of ether oxygens (including phenoxy) is 3. The third kappa shape index (κ3) is 5.63. The number of hydrogen-bond donors (Lipinski definition) is 1. The zero-order valence-electron chi connectivity index (χ0n) is 17.4. The minimum absolute atomic E-state index is 0.0229. The average Bonchev–Trinajstić information content (AvgIpc) is 2.81. The van der Waals surface area contributed by atoms with Crippen molar-refractivity contribution in [2.24, 2.45) is 0 Å². The number of likely N-dealkylation sites (N-methyl/N-ethyl adjacent to an activating group) is 1. The molecule has 1 unspecified atom stereocenters. The first-order chi connectivity index (χ1) is 15.0. The fourth-order valence-corrected chi connectivity index (χ4v) is 3.03. The summed E-state index contributed by atoms with van der Waals surface area (Å²) in [7, 11) is 1.50. The van der Waals surface area contributed by atoms with Crippen molar-refractivity contribution in [3.05, 3.63) is 60.2 Å². The van der Waals surface area contributed by atoms with E-state index in [1.165, 1.54) is 18.0 Å². The standard InChI is InChI=1S/C23H24N2O6/c1-3-29-17-11-8-16(9-12-17)10-13-22(27)30-15-21(26)25-14-20(23(28)24-2)31-19-7-5-4-6-18(19)25/h4-13,20H,3,14-15H2,1-2H3,(H,24,28)/b13-10+. The first-order valence-corrected chi connectivity index (χ1v) is 9.87. The molecule has 0 saturated heterocycles. The molecule has 2 aromatic carbocycles. The predicted molar refractivity (Wildman–Crippen MR) is 115 cm³/mol. The molecule has 162 valence electrons. The van der Waals surface area contributed by atoms with E-state index in [0.717, 1.165) is 11.3 Å². The van der Waals surface area contributed by atoms with E-state index in [1.54, 1.807) is 42.5 Å². The highest BCUT2D eigenvalue weighted by molar-refractivity contribution is 5.99. The number of fused-ring (bicyclic) bond motifs is 1. The molecule has 1 aliphatic heterocycles. The normalized spacial score (nSPS) is 15.0. The molecular weight excluding hydrogens is 400 g/mol. The Morgan fingerprint density at radius 2 is 1.90 bits per heavy atom. The molecule has 8 heteroatoms. The van der Waals surface area contributed by atoms with Crippen LogP contribution in [-0.2, 0) is 19.1 Å². The van der Waals surface area contributed by atoms with E-state index >= 15 is 0 Å². The maximum atomic E-state index is 12.7. The molecular formula is C23H24N2O6. The Morgan fingerprint density at radius 3 is 2.61 bits per heavy atom. The van der Waals surface area contributed by atoms with Gasteiger partial charge in [-0.1, -0.05) is 24.3 Å². The fraction of sp³-hybridized carbons (Fsp3) is 0.261. The van der Waals surface area contributed by atoms with Crippen LogP contribution >= 0.6 is 0 Å². The summed E-state index contributed by atoms with van der Waals surface area (Å²) < 4.78 is 16.1. The highest BCUT2D eigenvalue weighted by atomic mass is 16.5. The molecule has 0 bridgehead atoms. The summed E-state index contributed by atoms with van der Waals surface area (Å²) in [5, 5.41) is 2.51. The molecule has 1 N–H and O–H groups in total. The van der Waals surface area contributed by atoms with E-state index < -0.39 is 24.6 Å². The van der Waals surface area contributed by atoms with Crippen molar-refractivity contribution < 1.29 is 28.6 Å². The van der Waals surface area contributed by atoms with Gasteiger partial charge in [0, 0.05) is 13.1 Å². The van der Waals surface area contributed by atoms with Gasteiger partial charge in [-0.15, -0.1) is 0 Å². The molecule has 1 heterocycles. The van der Waals surface area contributed by atoms with E-state index in [2.05, 4.69) is 5.32 Å². The summed E-state index contributed by atoms with van der Waals surface area (Å²) >= 11 is 0. The van der Waals surface area contributed by atoms with Gasteiger partial charge in [0.05, 0.1) is 18.8 Å². The number of esters is 1. The van der Waals surface area contributed by atoms with Crippen LogP contribution in [0.3, 0.4) is 0 Å².